The van der Waals surface area contributed by atoms with Gasteiger partial charge < -0.3 is 10.2 Å². The molecule has 0 saturated heterocycles. The molecule has 0 spiro atoms. The molecule has 3 rings (SSSR count). The molecule has 3 fully saturated rings. The SMILES string of the molecule is CNCC1(CN(CC2CC2)CC2CC2)CCCCC1. The van der Waals surface area contributed by atoms with Crippen molar-refractivity contribution >= 4 is 0 Å². The third-order valence-corrected chi connectivity index (χ3v) is 5.45. The van der Waals surface area contributed by atoms with Gasteiger partial charge in [-0.3, -0.25) is 0 Å². The maximum Gasteiger partial charge on any atom is 0.00504 e. The van der Waals surface area contributed by atoms with E-state index in [4.69, 9.17) is 0 Å². The first kappa shape index (κ1) is 13.9. The molecule has 0 atom stereocenters. The number of nitrogens with one attached hydrogen (secondary N) is 1. The van der Waals surface area contributed by atoms with Gasteiger partial charge in [0.05, 0.1) is 0 Å². The van der Waals surface area contributed by atoms with Crippen molar-refractivity contribution in [2.24, 2.45) is 17.3 Å². The number of nitrogens with zero attached hydrogens (tertiary/aromatic N) is 1. The normalized spacial score (nSPS) is 26.8. The van der Waals surface area contributed by atoms with Gasteiger partial charge in [-0.05, 0) is 62.8 Å². The number of hydrogen-bond donors (Lipinski definition) is 1. The molecule has 0 aromatic carbocycles. The summed E-state index contributed by atoms with van der Waals surface area (Å²) >= 11 is 0. The van der Waals surface area contributed by atoms with Crippen LogP contribution in [0.1, 0.15) is 57.8 Å². The lowest BCUT2D eigenvalue weighted by molar-refractivity contribution is 0.0977. The molecule has 3 aliphatic carbocycles. The van der Waals surface area contributed by atoms with Gasteiger partial charge in [0.15, 0.2) is 0 Å². The maximum absolute atomic E-state index is 3.49. The summed E-state index contributed by atoms with van der Waals surface area (Å²) in [5.74, 6) is 2.10. The first-order valence-electron chi connectivity index (χ1n) is 8.67. The summed E-state index contributed by atoms with van der Waals surface area (Å²) < 4.78 is 0. The first-order chi connectivity index (χ1) is 9.30. The number of hydrogen-bond acceptors (Lipinski definition) is 2. The maximum atomic E-state index is 3.49. The zero-order valence-corrected chi connectivity index (χ0v) is 12.8. The Hall–Kier alpha value is -0.0800. The van der Waals surface area contributed by atoms with Crippen LogP contribution < -0.4 is 5.32 Å². The Bertz CT molecular complexity index is 255. The molecule has 2 heteroatoms. The van der Waals surface area contributed by atoms with Crippen LogP contribution >= 0.6 is 0 Å². The minimum atomic E-state index is 0.594. The predicted octanol–water partition coefficient (Wildman–Crippen LogP) is 3.28. The van der Waals surface area contributed by atoms with Crippen molar-refractivity contribution in [2.45, 2.75) is 57.8 Å². The highest BCUT2D eigenvalue weighted by molar-refractivity contribution is 4.90. The topological polar surface area (TPSA) is 15.3 Å². The lowest BCUT2D eigenvalue weighted by atomic mass is 9.73. The Kier molecular flexibility index (Phi) is 4.48. The monoisotopic (exact) mass is 264 g/mol. The van der Waals surface area contributed by atoms with Crippen LogP contribution in [0.3, 0.4) is 0 Å². The van der Waals surface area contributed by atoms with Crippen LogP contribution in [-0.4, -0.2) is 38.1 Å². The van der Waals surface area contributed by atoms with Gasteiger partial charge in [0, 0.05) is 26.2 Å². The first-order valence-corrected chi connectivity index (χ1v) is 8.67. The Morgan fingerprint density at radius 2 is 1.53 bits per heavy atom. The molecule has 3 aliphatic rings. The largest absolute Gasteiger partial charge is 0.319 e. The third kappa shape index (κ3) is 4.19. The molecule has 19 heavy (non-hydrogen) atoms. The van der Waals surface area contributed by atoms with Crippen LogP contribution in [0.25, 0.3) is 0 Å². The Morgan fingerprint density at radius 3 is 2.00 bits per heavy atom. The summed E-state index contributed by atoms with van der Waals surface area (Å²) in [5.41, 5.74) is 0.594. The second-order valence-electron chi connectivity index (χ2n) is 7.67. The second-order valence-corrected chi connectivity index (χ2v) is 7.67. The van der Waals surface area contributed by atoms with Crippen LogP contribution in [0.15, 0.2) is 0 Å². The van der Waals surface area contributed by atoms with Gasteiger partial charge in [-0.1, -0.05) is 19.3 Å². The average Bonchev–Trinajstić information content (AvgIpc) is 3.27. The van der Waals surface area contributed by atoms with Gasteiger partial charge in [-0.15, -0.1) is 0 Å². The van der Waals surface area contributed by atoms with E-state index in [0.717, 1.165) is 11.8 Å². The quantitative estimate of drug-likeness (QED) is 0.724. The van der Waals surface area contributed by atoms with Gasteiger partial charge in [0.1, 0.15) is 0 Å². The molecule has 3 saturated carbocycles. The molecule has 0 radical (unpaired) electrons. The van der Waals surface area contributed by atoms with E-state index in [0.29, 0.717) is 5.41 Å². The van der Waals surface area contributed by atoms with E-state index < -0.39 is 0 Å². The second kappa shape index (κ2) is 6.13. The van der Waals surface area contributed by atoms with Crippen molar-refractivity contribution in [3.05, 3.63) is 0 Å². The minimum Gasteiger partial charge on any atom is -0.319 e. The highest BCUT2D eigenvalue weighted by atomic mass is 15.1. The molecule has 0 heterocycles. The summed E-state index contributed by atoms with van der Waals surface area (Å²) in [5, 5.41) is 3.49. The smallest absolute Gasteiger partial charge is 0.00504 e. The molecule has 0 aromatic rings. The molecule has 1 N–H and O–H groups in total. The van der Waals surface area contributed by atoms with Crippen molar-refractivity contribution in [1.29, 1.82) is 0 Å². The summed E-state index contributed by atoms with van der Waals surface area (Å²) in [4.78, 5) is 2.86. The van der Waals surface area contributed by atoms with Crippen molar-refractivity contribution in [3.8, 4) is 0 Å². The molecule has 0 bridgehead atoms. The fourth-order valence-electron chi connectivity index (χ4n) is 4.08. The Morgan fingerprint density at radius 1 is 0.947 bits per heavy atom. The Balaban J connectivity index is 1.58. The van der Waals surface area contributed by atoms with Crippen molar-refractivity contribution in [1.82, 2.24) is 10.2 Å². The molecular formula is C17H32N2. The zero-order valence-electron chi connectivity index (χ0n) is 12.8. The lowest BCUT2D eigenvalue weighted by Gasteiger charge is -2.41. The molecule has 0 aromatic heterocycles. The zero-order chi connectivity index (χ0) is 13.1. The molecule has 2 nitrogen and oxygen atoms in total. The van der Waals surface area contributed by atoms with E-state index in [-0.39, 0.29) is 0 Å². The average molecular weight is 264 g/mol. The Labute approximate surface area is 119 Å². The van der Waals surface area contributed by atoms with E-state index in [2.05, 4.69) is 17.3 Å². The van der Waals surface area contributed by atoms with Gasteiger partial charge in [-0.25, -0.2) is 0 Å². The summed E-state index contributed by atoms with van der Waals surface area (Å²) in [6, 6.07) is 0. The fourth-order valence-corrected chi connectivity index (χ4v) is 4.08. The van der Waals surface area contributed by atoms with E-state index in [9.17, 15) is 0 Å². The van der Waals surface area contributed by atoms with Gasteiger partial charge in [-0.2, -0.15) is 0 Å². The van der Waals surface area contributed by atoms with E-state index in [1.54, 1.807) is 0 Å². The highest BCUT2D eigenvalue weighted by Gasteiger charge is 2.36. The van der Waals surface area contributed by atoms with Crippen molar-refractivity contribution in [3.63, 3.8) is 0 Å². The van der Waals surface area contributed by atoms with Gasteiger partial charge >= 0.3 is 0 Å². The van der Waals surface area contributed by atoms with Crippen molar-refractivity contribution < 1.29 is 0 Å². The fraction of sp³-hybridized carbons (Fsp3) is 1.00. The molecule has 0 unspecified atom stereocenters. The van der Waals surface area contributed by atoms with Crippen LogP contribution in [0.5, 0.6) is 0 Å². The van der Waals surface area contributed by atoms with Crippen LogP contribution in [0, 0.1) is 17.3 Å². The van der Waals surface area contributed by atoms with Crippen LogP contribution in [-0.2, 0) is 0 Å². The highest BCUT2D eigenvalue weighted by Crippen LogP contribution is 2.39. The molecule has 0 amide bonds. The summed E-state index contributed by atoms with van der Waals surface area (Å²) in [6.45, 7) is 5.42. The van der Waals surface area contributed by atoms with E-state index >= 15 is 0 Å². The molecule has 110 valence electrons. The number of rotatable bonds is 8. The molecular weight excluding hydrogens is 232 g/mol. The summed E-state index contributed by atoms with van der Waals surface area (Å²) in [6.07, 6.45) is 13.3. The van der Waals surface area contributed by atoms with Crippen LogP contribution in [0.4, 0.5) is 0 Å². The van der Waals surface area contributed by atoms with E-state index in [1.165, 1.54) is 84.0 Å². The predicted molar refractivity (Wildman–Crippen MR) is 81.3 cm³/mol. The van der Waals surface area contributed by atoms with Crippen molar-refractivity contribution in [2.75, 3.05) is 33.2 Å². The van der Waals surface area contributed by atoms with Crippen LogP contribution in [0.2, 0.25) is 0 Å². The van der Waals surface area contributed by atoms with Gasteiger partial charge in [0.25, 0.3) is 0 Å². The lowest BCUT2D eigenvalue weighted by Crippen LogP contribution is -2.46. The van der Waals surface area contributed by atoms with E-state index in [1.807, 2.05) is 0 Å². The third-order valence-electron chi connectivity index (χ3n) is 5.45. The van der Waals surface area contributed by atoms with Gasteiger partial charge in [0.2, 0.25) is 0 Å². The molecule has 0 aliphatic heterocycles. The minimum absolute atomic E-state index is 0.594. The summed E-state index contributed by atoms with van der Waals surface area (Å²) in [7, 11) is 2.14. The standard InChI is InChI=1S/C17H32N2/c1-18-13-17(9-3-2-4-10-17)14-19(11-15-5-6-15)12-16-7-8-16/h15-16,18H,2-14H2,1H3.